The van der Waals surface area contributed by atoms with E-state index in [1.807, 2.05) is 36.4 Å². The Labute approximate surface area is 163 Å². The van der Waals surface area contributed by atoms with E-state index in [1.54, 1.807) is 43.5 Å². The lowest BCUT2D eigenvalue weighted by Gasteiger charge is -2.15. The SMILES string of the molecule is C[C@H](Oc1ccccc1)C(=O)NCc1cccc(NC(=O)c2cccnc2)c1. The van der Waals surface area contributed by atoms with Crippen LogP contribution in [0, 0.1) is 0 Å². The van der Waals surface area contributed by atoms with Crippen molar-refractivity contribution >= 4 is 17.5 Å². The molecule has 0 saturated carbocycles. The maximum absolute atomic E-state index is 12.3. The van der Waals surface area contributed by atoms with Crippen LogP contribution < -0.4 is 15.4 Å². The van der Waals surface area contributed by atoms with Gasteiger partial charge in [-0.2, -0.15) is 0 Å². The third-order valence-electron chi connectivity index (χ3n) is 4.00. The van der Waals surface area contributed by atoms with E-state index in [4.69, 9.17) is 4.74 Å². The number of carbonyl (C=O) groups excluding carboxylic acids is 2. The summed E-state index contributed by atoms with van der Waals surface area (Å²) >= 11 is 0. The van der Waals surface area contributed by atoms with Crippen LogP contribution in [0.5, 0.6) is 5.75 Å². The van der Waals surface area contributed by atoms with E-state index in [-0.39, 0.29) is 11.8 Å². The summed E-state index contributed by atoms with van der Waals surface area (Å²) in [5.41, 5.74) is 1.99. The van der Waals surface area contributed by atoms with Crippen molar-refractivity contribution in [2.75, 3.05) is 5.32 Å². The number of hydrogen-bond donors (Lipinski definition) is 2. The second kappa shape index (κ2) is 9.32. The zero-order chi connectivity index (χ0) is 19.8. The first-order valence-corrected chi connectivity index (χ1v) is 8.91. The lowest BCUT2D eigenvalue weighted by Crippen LogP contribution is -2.35. The molecule has 28 heavy (non-hydrogen) atoms. The second-order valence-corrected chi connectivity index (χ2v) is 6.19. The van der Waals surface area contributed by atoms with Gasteiger partial charge in [0.25, 0.3) is 11.8 Å². The fourth-order valence-corrected chi connectivity index (χ4v) is 2.55. The molecule has 2 amide bonds. The highest BCUT2D eigenvalue weighted by Crippen LogP contribution is 2.13. The number of aromatic nitrogens is 1. The molecule has 142 valence electrons. The molecule has 1 heterocycles. The number of carbonyl (C=O) groups is 2. The maximum Gasteiger partial charge on any atom is 0.261 e. The minimum Gasteiger partial charge on any atom is -0.481 e. The maximum atomic E-state index is 12.3. The molecule has 2 aromatic carbocycles. The Balaban J connectivity index is 1.54. The van der Waals surface area contributed by atoms with Gasteiger partial charge in [0, 0.05) is 24.6 Å². The molecule has 6 heteroatoms. The van der Waals surface area contributed by atoms with E-state index in [0.717, 1.165) is 5.56 Å². The Hall–Kier alpha value is -3.67. The molecule has 0 saturated heterocycles. The summed E-state index contributed by atoms with van der Waals surface area (Å²) in [6.07, 6.45) is 2.51. The molecule has 1 aromatic heterocycles. The van der Waals surface area contributed by atoms with E-state index in [9.17, 15) is 9.59 Å². The first kappa shape index (κ1) is 19.1. The highest BCUT2D eigenvalue weighted by Gasteiger charge is 2.14. The van der Waals surface area contributed by atoms with Gasteiger partial charge in [-0.3, -0.25) is 14.6 Å². The Kier molecular flexibility index (Phi) is 6.36. The van der Waals surface area contributed by atoms with Crippen LogP contribution in [0.2, 0.25) is 0 Å². The van der Waals surface area contributed by atoms with E-state index >= 15 is 0 Å². The molecule has 1 atom stereocenters. The second-order valence-electron chi connectivity index (χ2n) is 6.19. The topological polar surface area (TPSA) is 80.3 Å². The van der Waals surface area contributed by atoms with Gasteiger partial charge >= 0.3 is 0 Å². The lowest BCUT2D eigenvalue weighted by atomic mass is 10.2. The number of rotatable bonds is 7. The van der Waals surface area contributed by atoms with Gasteiger partial charge in [-0.25, -0.2) is 0 Å². The molecule has 6 nitrogen and oxygen atoms in total. The van der Waals surface area contributed by atoms with Crippen molar-refractivity contribution in [3.05, 3.63) is 90.3 Å². The van der Waals surface area contributed by atoms with Gasteiger partial charge in [-0.05, 0) is 48.9 Å². The highest BCUT2D eigenvalue weighted by atomic mass is 16.5. The number of hydrogen-bond acceptors (Lipinski definition) is 4. The summed E-state index contributed by atoms with van der Waals surface area (Å²) in [7, 11) is 0. The third-order valence-corrected chi connectivity index (χ3v) is 4.00. The summed E-state index contributed by atoms with van der Waals surface area (Å²) in [4.78, 5) is 28.4. The number of benzene rings is 2. The number of para-hydroxylation sites is 1. The number of nitrogens with one attached hydrogen (secondary N) is 2. The highest BCUT2D eigenvalue weighted by molar-refractivity contribution is 6.04. The van der Waals surface area contributed by atoms with Crippen LogP contribution >= 0.6 is 0 Å². The fourth-order valence-electron chi connectivity index (χ4n) is 2.55. The van der Waals surface area contributed by atoms with Crippen LogP contribution in [0.15, 0.2) is 79.1 Å². The minimum atomic E-state index is -0.615. The Morgan fingerprint density at radius 1 is 1.04 bits per heavy atom. The predicted octanol–water partition coefficient (Wildman–Crippen LogP) is 3.42. The fraction of sp³-hybridized carbons (Fsp3) is 0.136. The van der Waals surface area contributed by atoms with Crippen LogP contribution in [0.4, 0.5) is 5.69 Å². The molecule has 3 rings (SSSR count). The standard InChI is InChI=1S/C22H21N3O3/c1-16(28-20-10-3-2-4-11-20)21(26)24-14-17-7-5-9-19(13-17)25-22(27)18-8-6-12-23-15-18/h2-13,15-16H,14H2,1H3,(H,24,26)(H,25,27)/t16-/m0/s1. The number of ether oxygens (including phenoxy) is 1. The molecular formula is C22H21N3O3. The van der Waals surface area contributed by atoms with Crippen molar-refractivity contribution in [2.24, 2.45) is 0 Å². The zero-order valence-corrected chi connectivity index (χ0v) is 15.5. The molecule has 2 N–H and O–H groups in total. The van der Waals surface area contributed by atoms with Crippen molar-refractivity contribution in [3.63, 3.8) is 0 Å². The Morgan fingerprint density at radius 2 is 1.86 bits per heavy atom. The van der Waals surface area contributed by atoms with Gasteiger partial charge in [0.1, 0.15) is 5.75 Å². The van der Waals surface area contributed by atoms with Crippen LogP contribution in [0.1, 0.15) is 22.8 Å². The van der Waals surface area contributed by atoms with Crippen molar-refractivity contribution in [2.45, 2.75) is 19.6 Å². The van der Waals surface area contributed by atoms with Crippen molar-refractivity contribution < 1.29 is 14.3 Å². The van der Waals surface area contributed by atoms with Gasteiger partial charge < -0.3 is 15.4 Å². The van der Waals surface area contributed by atoms with Gasteiger partial charge in [0.05, 0.1) is 5.56 Å². The summed E-state index contributed by atoms with van der Waals surface area (Å²) in [6.45, 7) is 2.03. The Bertz CT molecular complexity index is 930. The largest absolute Gasteiger partial charge is 0.481 e. The number of pyridine rings is 1. The molecule has 0 bridgehead atoms. The minimum absolute atomic E-state index is 0.214. The zero-order valence-electron chi connectivity index (χ0n) is 15.5. The van der Waals surface area contributed by atoms with Crippen molar-refractivity contribution in [1.29, 1.82) is 0 Å². The van der Waals surface area contributed by atoms with Gasteiger partial charge in [0.2, 0.25) is 0 Å². The smallest absolute Gasteiger partial charge is 0.261 e. The number of amides is 2. The average Bonchev–Trinajstić information content (AvgIpc) is 2.73. The van der Waals surface area contributed by atoms with Crippen molar-refractivity contribution in [1.82, 2.24) is 10.3 Å². The first-order chi connectivity index (χ1) is 13.6. The average molecular weight is 375 g/mol. The molecule has 3 aromatic rings. The number of nitrogens with zero attached hydrogens (tertiary/aromatic N) is 1. The molecular weight excluding hydrogens is 354 g/mol. The van der Waals surface area contributed by atoms with Crippen LogP contribution in [0.25, 0.3) is 0 Å². The number of anilines is 1. The quantitative estimate of drug-likeness (QED) is 0.663. The molecule has 0 radical (unpaired) electrons. The van der Waals surface area contributed by atoms with Gasteiger partial charge in [-0.1, -0.05) is 30.3 Å². The first-order valence-electron chi connectivity index (χ1n) is 8.91. The van der Waals surface area contributed by atoms with E-state index < -0.39 is 6.10 Å². The summed E-state index contributed by atoms with van der Waals surface area (Å²) in [5.74, 6) is 0.193. The van der Waals surface area contributed by atoms with Gasteiger partial charge in [-0.15, -0.1) is 0 Å². The molecule has 0 aliphatic heterocycles. The molecule has 0 aliphatic carbocycles. The molecule has 0 fully saturated rings. The molecule has 0 aliphatic rings. The Morgan fingerprint density at radius 3 is 2.61 bits per heavy atom. The van der Waals surface area contributed by atoms with Crippen LogP contribution in [-0.4, -0.2) is 22.9 Å². The van der Waals surface area contributed by atoms with E-state index in [2.05, 4.69) is 15.6 Å². The normalized spacial score (nSPS) is 11.3. The lowest BCUT2D eigenvalue weighted by molar-refractivity contribution is -0.127. The van der Waals surface area contributed by atoms with Crippen LogP contribution in [0.3, 0.4) is 0 Å². The molecule has 0 unspecified atom stereocenters. The monoisotopic (exact) mass is 375 g/mol. The summed E-state index contributed by atoms with van der Waals surface area (Å²) in [6, 6.07) is 19.9. The predicted molar refractivity (Wildman–Crippen MR) is 107 cm³/mol. The summed E-state index contributed by atoms with van der Waals surface area (Å²) < 4.78 is 5.61. The van der Waals surface area contributed by atoms with Gasteiger partial charge in [0.15, 0.2) is 6.10 Å². The van der Waals surface area contributed by atoms with E-state index in [0.29, 0.717) is 23.5 Å². The summed E-state index contributed by atoms with van der Waals surface area (Å²) in [5, 5.41) is 5.67. The third kappa shape index (κ3) is 5.41. The van der Waals surface area contributed by atoms with E-state index in [1.165, 1.54) is 6.20 Å². The van der Waals surface area contributed by atoms with Crippen LogP contribution in [-0.2, 0) is 11.3 Å². The molecule has 0 spiro atoms. The van der Waals surface area contributed by atoms with Crippen molar-refractivity contribution in [3.8, 4) is 5.75 Å².